The SMILES string of the molecule is COC(=O)c1ccc(C(=O)N2CCn3c(n[nH]c3=O)C2)o1. The molecule has 110 valence electrons. The molecule has 0 saturated heterocycles. The van der Waals surface area contributed by atoms with E-state index in [2.05, 4.69) is 14.9 Å². The van der Waals surface area contributed by atoms with Crippen LogP contribution in [-0.2, 0) is 17.8 Å². The van der Waals surface area contributed by atoms with E-state index >= 15 is 0 Å². The van der Waals surface area contributed by atoms with Gasteiger partial charge in [-0.15, -0.1) is 0 Å². The largest absolute Gasteiger partial charge is 0.463 e. The number of hydrogen-bond acceptors (Lipinski definition) is 6. The van der Waals surface area contributed by atoms with Gasteiger partial charge in [-0.3, -0.25) is 9.36 Å². The van der Waals surface area contributed by atoms with E-state index in [1.54, 1.807) is 0 Å². The number of carbonyl (C=O) groups is 2. The van der Waals surface area contributed by atoms with E-state index < -0.39 is 5.97 Å². The zero-order chi connectivity index (χ0) is 15.0. The number of aromatic nitrogens is 3. The lowest BCUT2D eigenvalue weighted by atomic mass is 10.3. The number of H-pyrrole nitrogens is 1. The average Bonchev–Trinajstić information content (AvgIpc) is 3.13. The second kappa shape index (κ2) is 4.93. The minimum Gasteiger partial charge on any atom is -0.463 e. The van der Waals surface area contributed by atoms with Gasteiger partial charge in [0.25, 0.3) is 5.91 Å². The van der Waals surface area contributed by atoms with Gasteiger partial charge in [0.15, 0.2) is 11.6 Å². The molecule has 0 fully saturated rings. The smallest absolute Gasteiger partial charge is 0.373 e. The second-order valence-corrected chi connectivity index (χ2v) is 4.48. The highest BCUT2D eigenvalue weighted by molar-refractivity contribution is 5.93. The number of methoxy groups -OCH3 is 1. The Morgan fingerprint density at radius 2 is 2.10 bits per heavy atom. The summed E-state index contributed by atoms with van der Waals surface area (Å²) in [5.41, 5.74) is -0.289. The fourth-order valence-electron chi connectivity index (χ4n) is 2.16. The van der Waals surface area contributed by atoms with Gasteiger partial charge in [-0.25, -0.2) is 14.7 Å². The number of furan rings is 1. The zero-order valence-corrected chi connectivity index (χ0v) is 11.2. The van der Waals surface area contributed by atoms with Crippen LogP contribution in [-0.4, -0.2) is 45.2 Å². The van der Waals surface area contributed by atoms with Gasteiger partial charge >= 0.3 is 11.7 Å². The molecule has 1 aliphatic heterocycles. The highest BCUT2D eigenvalue weighted by atomic mass is 16.5. The van der Waals surface area contributed by atoms with Crippen molar-refractivity contribution >= 4 is 11.9 Å². The van der Waals surface area contributed by atoms with Crippen molar-refractivity contribution in [1.29, 1.82) is 0 Å². The van der Waals surface area contributed by atoms with Crippen LogP contribution in [0.3, 0.4) is 0 Å². The lowest BCUT2D eigenvalue weighted by Crippen LogP contribution is -2.40. The first-order valence-electron chi connectivity index (χ1n) is 6.21. The number of fused-ring (bicyclic) bond motifs is 1. The molecule has 3 heterocycles. The van der Waals surface area contributed by atoms with E-state index in [1.165, 1.54) is 28.7 Å². The summed E-state index contributed by atoms with van der Waals surface area (Å²) in [6, 6.07) is 2.80. The molecule has 2 aromatic rings. The van der Waals surface area contributed by atoms with Crippen LogP contribution in [0.15, 0.2) is 21.3 Å². The van der Waals surface area contributed by atoms with Crippen molar-refractivity contribution < 1.29 is 18.7 Å². The molecule has 9 nitrogen and oxygen atoms in total. The normalized spacial score (nSPS) is 13.9. The van der Waals surface area contributed by atoms with Gasteiger partial charge in [-0.1, -0.05) is 0 Å². The Hall–Kier alpha value is -2.84. The molecule has 21 heavy (non-hydrogen) atoms. The predicted octanol–water partition coefficient (Wildman–Crippen LogP) is -0.393. The van der Waals surface area contributed by atoms with E-state index in [9.17, 15) is 14.4 Å². The van der Waals surface area contributed by atoms with Crippen LogP contribution in [0.5, 0.6) is 0 Å². The van der Waals surface area contributed by atoms with E-state index in [-0.39, 0.29) is 29.7 Å². The number of esters is 1. The Labute approximate surface area is 118 Å². The predicted molar refractivity (Wildman–Crippen MR) is 67.6 cm³/mol. The lowest BCUT2D eigenvalue weighted by molar-refractivity contribution is 0.0556. The number of aromatic amines is 1. The van der Waals surface area contributed by atoms with Crippen molar-refractivity contribution in [3.63, 3.8) is 0 Å². The third kappa shape index (κ3) is 2.22. The van der Waals surface area contributed by atoms with Crippen LogP contribution >= 0.6 is 0 Å². The van der Waals surface area contributed by atoms with E-state index in [0.717, 1.165) is 0 Å². The molecule has 0 saturated carbocycles. The fraction of sp³-hybridized carbons (Fsp3) is 0.333. The van der Waals surface area contributed by atoms with Crippen LogP contribution in [0, 0.1) is 0 Å². The van der Waals surface area contributed by atoms with Crippen molar-refractivity contribution in [1.82, 2.24) is 19.7 Å². The first-order chi connectivity index (χ1) is 10.1. The van der Waals surface area contributed by atoms with E-state index in [4.69, 9.17) is 4.42 Å². The summed E-state index contributed by atoms with van der Waals surface area (Å²) in [6.07, 6.45) is 0. The monoisotopic (exact) mass is 292 g/mol. The summed E-state index contributed by atoms with van der Waals surface area (Å²) in [5, 5.41) is 6.20. The minimum atomic E-state index is -0.645. The van der Waals surface area contributed by atoms with E-state index in [0.29, 0.717) is 18.9 Å². The summed E-state index contributed by atoms with van der Waals surface area (Å²) >= 11 is 0. The van der Waals surface area contributed by atoms with Crippen molar-refractivity contribution in [3.05, 3.63) is 40.0 Å². The van der Waals surface area contributed by atoms with Gasteiger partial charge in [0, 0.05) is 13.1 Å². The highest BCUT2D eigenvalue weighted by Crippen LogP contribution is 2.15. The van der Waals surface area contributed by atoms with Gasteiger partial charge in [-0.2, -0.15) is 5.10 Å². The Morgan fingerprint density at radius 3 is 2.86 bits per heavy atom. The zero-order valence-electron chi connectivity index (χ0n) is 11.2. The molecule has 0 aromatic carbocycles. The van der Waals surface area contributed by atoms with Gasteiger partial charge in [0.05, 0.1) is 13.7 Å². The van der Waals surface area contributed by atoms with Gasteiger partial charge in [-0.05, 0) is 12.1 Å². The molecule has 1 amide bonds. The fourth-order valence-corrected chi connectivity index (χ4v) is 2.16. The molecule has 2 aromatic heterocycles. The second-order valence-electron chi connectivity index (χ2n) is 4.48. The molecule has 0 bridgehead atoms. The molecule has 0 aliphatic carbocycles. The number of amides is 1. The number of rotatable bonds is 2. The van der Waals surface area contributed by atoms with Gasteiger partial charge in [0.2, 0.25) is 5.76 Å². The molecule has 3 rings (SSSR count). The maximum absolute atomic E-state index is 12.3. The summed E-state index contributed by atoms with van der Waals surface area (Å²) in [7, 11) is 1.23. The van der Waals surface area contributed by atoms with Gasteiger partial charge in [0.1, 0.15) is 0 Å². The van der Waals surface area contributed by atoms with Crippen LogP contribution in [0.1, 0.15) is 26.9 Å². The molecule has 1 N–H and O–H groups in total. The van der Waals surface area contributed by atoms with Crippen molar-refractivity contribution in [2.45, 2.75) is 13.1 Å². The number of nitrogens with one attached hydrogen (secondary N) is 1. The maximum atomic E-state index is 12.3. The van der Waals surface area contributed by atoms with Crippen LogP contribution < -0.4 is 5.69 Å². The van der Waals surface area contributed by atoms with Crippen LogP contribution in [0.4, 0.5) is 0 Å². The first kappa shape index (κ1) is 13.2. The van der Waals surface area contributed by atoms with Crippen molar-refractivity contribution in [2.24, 2.45) is 0 Å². The molecule has 0 spiro atoms. The number of carbonyl (C=O) groups excluding carboxylic acids is 2. The molecule has 1 aliphatic rings. The molecule has 0 unspecified atom stereocenters. The Morgan fingerprint density at radius 1 is 1.33 bits per heavy atom. The van der Waals surface area contributed by atoms with Crippen molar-refractivity contribution in [3.8, 4) is 0 Å². The number of ether oxygens (including phenoxy) is 1. The Kier molecular flexibility index (Phi) is 3.09. The maximum Gasteiger partial charge on any atom is 0.373 e. The Bertz CT molecular complexity index is 756. The molecule has 0 atom stereocenters. The summed E-state index contributed by atoms with van der Waals surface area (Å²) in [6.45, 7) is 0.923. The van der Waals surface area contributed by atoms with Crippen LogP contribution in [0.2, 0.25) is 0 Å². The Balaban J connectivity index is 1.79. The van der Waals surface area contributed by atoms with E-state index in [1.807, 2.05) is 0 Å². The van der Waals surface area contributed by atoms with Crippen molar-refractivity contribution in [2.75, 3.05) is 13.7 Å². The minimum absolute atomic E-state index is 0.0328. The standard InChI is InChI=1S/C12H12N4O5/c1-20-11(18)8-3-2-7(21-8)10(17)15-4-5-16-9(6-15)13-14-12(16)19/h2-3H,4-6H2,1H3,(H,14,19). The first-order valence-corrected chi connectivity index (χ1v) is 6.21. The molecular formula is C12H12N4O5. The third-order valence-electron chi connectivity index (χ3n) is 3.25. The third-order valence-corrected chi connectivity index (χ3v) is 3.25. The lowest BCUT2D eigenvalue weighted by Gasteiger charge is -2.25. The quantitative estimate of drug-likeness (QED) is 0.754. The molecule has 9 heteroatoms. The average molecular weight is 292 g/mol. The number of nitrogens with zero attached hydrogens (tertiary/aromatic N) is 3. The summed E-state index contributed by atoms with van der Waals surface area (Å²) < 4.78 is 11.2. The van der Waals surface area contributed by atoms with Gasteiger partial charge < -0.3 is 14.1 Å². The number of hydrogen-bond donors (Lipinski definition) is 1. The van der Waals surface area contributed by atoms with Crippen LogP contribution in [0.25, 0.3) is 0 Å². The topological polar surface area (TPSA) is 110 Å². The molecule has 0 radical (unpaired) electrons. The highest BCUT2D eigenvalue weighted by Gasteiger charge is 2.26. The molecular weight excluding hydrogens is 280 g/mol. The summed E-state index contributed by atoms with van der Waals surface area (Å²) in [5.74, 6) is -0.517. The summed E-state index contributed by atoms with van der Waals surface area (Å²) in [4.78, 5) is 36.5.